The molecule has 0 spiro atoms. The lowest BCUT2D eigenvalue weighted by molar-refractivity contribution is -0.384. The van der Waals surface area contributed by atoms with Crippen LogP contribution < -0.4 is 10.2 Å². The fraction of sp³-hybridized carbons (Fsp3) is 0.0714. The number of carbonyl (C=O) groups excluding carboxylic acids is 1. The van der Waals surface area contributed by atoms with Gasteiger partial charge in [0.2, 0.25) is 0 Å². The second kappa shape index (κ2) is 7.39. The predicted molar refractivity (Wildman–Crippen MR) is 78.5 cm³/mol. The van der Waals surface area contributed by atoms with E-state index in [4.69, 9.17) is 21.2 Å². The van der Waals surface area contributed by atoms with Gasteiger partial charge in [0.1, 0.15) is 5.75 Å². The number of nitro benzene ring substituents is 1. The zero-order valence-electron chi connectivity index (χ0n) is 11.2. The molecule has 0 heterocycles. The molecule has 114 valence electrons. The Balaban J connectivity index is 1.77. The Morgan fingerprint density at radius 2 is 1.77 bits per heavy atom. The smallest absolute Gasteiger partial charge is 0.409 e. The van der Waals surface area contributed by atoms with Crippen LogP contribution in [0, 0.1) is 10.1 Å². The number of nitrogens with zero attached hydrogens (tertiary/aromatic N) is 1. The molecule has 2 aromatic carbocycles. The predicted octanol–water partition coefficient (Wildman–Crippen LogP) is 3.47. The molecule has 0 bridgehead atoms. The molecule has 8 heteroatoms. The van der Waals surface area contributed by atoms with Crippen LogP contribution in [0.3, 0.4) is 0 Å². The van der Waals surface area contributed by atoms with Crippen molar-refractivity contribution in [2.24, 2.45) is 0 Å². The van der Waals surface area contributed by atoms with Crippen LogP contribution in [0.2, 0.25) is 5.02 Å². The molecule has 0 unspecified atom stereocenters. The van der Waals surface area contributed by atoms with Gasteiger partial charge in [0.25, 0.3) is 5.69 Å². The highest BCUT2D eigenvalue weighted by molar-refractivity contribution is 6.30. The molecule has 0 aliphatic carbocycles. The van der Waals surface area contributed by atoms with Gasteiger partial charge in [-0.25, -0.2) is 4.79 Å². The lowest BCUT2D eigenvalue weighted by Crippen LogP contribution is -2.26. The first-order valence-corrected chi connectivity index (χ1v) is 6.51. The number of hydrogen-bond acceptors (Lipinski definition) is 5. The first kappa shape index (κ1) is 15.7. The molecule has 2 rings (SSSR count). The molecule has 2 aromatic rings. The van der Waals surface area contributed by atoms with E-state index in [9.17, 15) is 14.9 Å². The van der Waals surface area contributed by atoms with Gasteiger partial charge in [-0.1, -0.05) is 23.7 Å². The third-order valence-corrected chi connectivity index (χ3v) is 2.82. The van der Waals surface area contributed by atoms with Crippen LogP contribution in [0.15, 0.2) is 48.5 Å². The minimum Gasteiger partial charge on any atom is -0.409 e. The quantitative estimate of drug-likeness (QED) is 0.672. The number of carbonyl (C=O) groups is 1. The van der Waals surface area contributed by atoms with Crippen molar-refractivity contribution in [3.63, 3.8) is 0 Å². The standard InChI is InChI=1S/C14H11ClN2O5/c15-11-3-1-10(2-4-11)9-21-16-14(18)22-13-7-5-12(6-8-13)17(19)20/h1-8H,9H2,(H,16,18). The van der Waals surface area contributed by atoms with Gasteiger partial charge in [-0.15, -0.1) is 0 Å². The summed E-state index contributed by atoms with van der Waals surface area (Å²) in [5, 5.41) is 11.1. The number of halogens is 1. The lowest BCUT2D eigenvalue weighted by Gasteiger charge is -2.07. The number of nitrogens with one attached hydrogen (secondary N) is 1. The molecule has 0 saturated carbocycles. The van der Waals surface area contributed by atoms with Crippen molar-refractivity contribution in [1.82, 2.24) is 5.48 Å². The van der Waals surface area contributed by atoms with Gasteiger partial charge >= 0.3 is 6.09 Å². The van der Waals surface area contributed by atoms with E-state index in [-0.39, 0.29) is 18.0 Å². The molecule has 0 saturated heterocycles. The van der Waals surface area contributed by atoms with Gasteiger partial charge in [0.15, 0.2) is 0 Å². The van der Waals surface area contributed by atoms with Gasteiger partial charge in [-0.05, 0) is 29.8 Å². The molecule has 7 nitrogen and oxygen atoms in total. The van der Waals surface area contributed by atoms with Gasteiger partial charge in [0, 0.05) is 17.2 Å². The zero-order chi connectivity index (χ0) is 15.9. The summed E-state index contributed by atoms with van der Waals surface area (Å²) >= 11 is 5.74. The monoisotopic (exact) mass is 322 g/mol. The molecule has 0 aliphatic rings. The highest BCUT2D eigenvalue weighted by Crippen LogP contribution is 2.17. The Morgan fingerprint density at radius 3 is 2.36 bits per heavy atom. The SMILES string of the molecule is O=C(NOCc1ccc(Cl)cc1)Oc1ccc([N+](=O)[O-])cc1. The van der Waals surface area contributed by atoms with Crippen LogP contribution in [-0.2, 0) is 11.4 Å². The number of ether oxygens (including phenoxy) is 1. The summed E-state index contributed by atoms with van der Waals surface area (Å²) in [6.07, 6.45) is -0.831. The number of hydroxylamine groups is 1. The largest absolute Gasteiger partial charge is 0.436 e. The van der Waals surface area contributed by atoms with Gasteiger partial charge < -0.3 is 4.74 Å². The van der Waals surface area contributed by atoms with E-state index < -0.39 is 11.0 Å². The fourth-order valence-electron chi connectivity index (χ4n) is 1.52. The van der Waals surface area contributed by atoms with E-state index in [0.29, 0.717) is 5.02 Å². The second-order valence-corrected chi connectivity index (χ2v) is 4.59. The Labute approximate surface area is 130 Å². The number of benzene rings is 2. The van der Waals surface area contributed by atoms with E-state index >= 15 is 0 Å². The summed E-state index contributed by atoms with van der Waals surface area (Å²) in [7, 11) is 0. The Hall–Kier alpha value is -2.64. The average molecular weight is 323 g/mol. The fourth-order valence-corrected chi connectivity index (χ4v) is 1.65. The first-order valence-electron chi connectivity index (χ1n) is 6.13. The molecule has 22 heavy (non-hydrogen) atoms. The lowest BCUT2D eigenvalue weighted by atomic mass is 10.2. The van der Waals surface area contributed by atoms with Crippen molar-refractivity contribution in [1.29, 1.82) is 0 Å². The summed E-state index contributed by atoms with van der Waals surface area (Å²) in [6.45, 7) is 0.145. The minimum absolute atomic E-state index is 0.0910. The molecule has 1 amide bonds. The Morgan fingerprint density at radius 1 is 1.14 bits per heavy atom. The van der Waals surface area contributed by atoms with Crippen molar-refractivity contribution in [3.05, 3.63) is 69.2 Å². The number of hydrogen-bond donors (Lipinski definition) is 1. The van der Waals surface area contributed by atoms with Crippen LogP contribution in [0.5, 0.6) is 5.75 Å². The van der Waals surface area contributed by atoms with Crippen LogP contribution >= 0.6 is 11.6 Å². The topological polar surface area (TPSA) is 90.7 Å². The van der Waals surface area contributed by atoms with E-state index in [1.54, 1.807) is 24.3 Å². The molecule has 0 aliphatic heterocycles. The summed E-state index contributed by atoms with van der Waals surface area (Å²) in [5.74, 6) is 0.165. The number of nitro groups is 1. The van der Waals surface area contributed by atoms with E-state index in [1.807, 2.05) is 0 Å². The number of non-ortho nitro benzene ring substituents is 1. The highest BCUT2D eigenvalue weighted by Gasteiger charge is 2.08. The maximum Gasteiger partial charge on any atom is 0.436 e. The van der Waals surface area contributed by atoms with E-state index in [0.717, 1.165) is 5.56 Å². The van der Waals surface area contributed by atoms with Crippen molar-refractivity contribution < 1.29 is 19.3 Å². The van der Waals surface area contributed by atoms with Gasteiger partial charge in [0.05, 0.1) is 11.5 Å². The van der Waals surface area contributed by atoms with Crippen molar-refractivity contribution in [2.75, 3.05) is 0 Å². The van der Waals surface area contributed by atoms with Crippen LogP contribution in [0.25, 0.3) is 0 Å². The maximum atomic E-state index is 11.5. The number of rotatable bonds is 5. The Kier molecular flexibility index (Phi) is 5.29. The molecule has 0 radical (unpaired) electrons. The van der Waals surface area contributed by atoms with Gasteiger partial charge in [-0.3, -0.25) is 15.0 Å². The summed E-state index contributed by atoms with van der Waals surface area (Å²) < 4.78 is 4.89. The van der Waals surface area contributed by atoms with Crippen LogP contribution in [-0.4, -0.2) is 11.0 Å². The zero-order valence-corrected chi connectivity index (χ0v) is 11.9. The highest BCUT2D eigenvalue weighted by atomic mass is 35.5. The van der Waals surface area contributed by atoms with E-state index in [2.05, 4.69) is 5.48 Å². The summed E-state index contributed by atoms with van der Waals surface area (Å²) in [6, 6.07) is 12.0. The summed E-state index contributed by atoms with van der Waals surface area (Å²) in [4.78, 5) is 26.4. The maximum absolute atomic E-state index is 11.5. The van der Waals surface area contributed by atoms with Gasteiger partial charge in [-0.2, -0.15) is 5.48 Å². The van der Waals surface area contributed by atoms with Crippen LogP contribution in [0.1, 0.15) is 5.56 Å². The third-order valence-electron chi connectivity index (χ3n) is 2.57. The minimum atomic E-state index is -0.831. The first-order chi connectivity index (χ1) is 10.5. The number of amides is 1. The Bertz CT molecular complexity index is 658. The third kappa shape index (κ3) is 4.72. The van der Waals surface area contributed by atoms with Crippen LogP contribution in [0.4, 0.5) is 10.5 Å². The molecular weight excluding hydrogens is 312 g/mol. The second-order valence-electron chi connectivity index (χ2n) is 4.16. The normalized spacial score (nSPS) is 10.0. The summed E-state index contributed by atoms with van der Waals surface area (Å²) in [5.41, 5.74) is 2.83. The molecule has 0 fully saturated rings. The average Bonchev–Trinajstić information content (AvgIpc) is 2.50. The molecule has 0 aromatic heterocycles. The van der Waals surface area contributed by atoms with E-state index in [1.165, 1.54) is 24.3 Å². The van der Waals surface area contributed by atoms with Crippen molar-refractivity contribution in [2.45, 2.75) is 6.61 Å². The van der Waals surface area contributed by atoms with Crippen molar-refractivity contribution >= 4 is 23.4 Å². The molecule has 1 N–H and O–H groups in total. The molecular formula is C14H11ClN2O5. The van der Waals surface area contributed by atoms with Crippen molar-refractivity contribution in [3.8, 4) is 5.75 Å². The molecule has 0 atom stereocenters.